The molecule has 0 aliphatic heterocycles. The number of hydrogen-bond donors (Lipinski definition) is 1. The van der Waals surface area contributed by atoms with E-state index in [0.29, 0.717) is 28.7 Å². The average molecular weight is 326 g/mol. The maximum atomic E-state index is 13.8. The highest BCUT2D eigenvalue weighted by Gasteiger charge is 2.13. The second-order valence-corrected chi connectivity index (χ2v) is 5.42. The Bertz CT molecular complexity index is 966. The zero-order chi connectivity index (χ0) is 17.1. The summed E-state index contributed by atoms with van der Waals surface area (Å²) in [6, 6.07) is 13.1. The van der Waals surface area contributed by atoms with Crippen LogP contribution in [0, 0.1) is 5.82 Å². The van der Waals surface area contributed by atoms with Crippen LogP contribution >= 0.6 is 0 Å². The standard InChI is InChI=1S/C18H15FN2O3/c19-14-7-3-1-5-12(14)9-10-16-20-18(24)13-6-2-4-8-15(13)21(16)11-17(22)23/h1-8H,9-11H2,(H,22,23). The second-order valence-electron chi connectivity index (χ2n) is 5.42. The molecule has 0 spiro atoms. The Morgan fingerprint density at radius 2 is 1.79 bits per heavy atom. The Kier molecular flexibility index (Phi) is 4.37. The highest BCUT2D eigenvalue weighted by atomic mass is 19.1. The van der Waals surface area contributed by atoms with Crippen molar-refractivity contribution in [3.8, 4) is 0 Å². The maximum Gasteiger partial charge on any atom is 0.323 e. The summed E-state index contributed by atoms with van der Waals surface area (Å²) in [5.74, 6) is -1.02. The largest absolute Gasteiger partial charge is 0.480 e. The van der Waals surface area contributed by atoms with Gasteiger partial charge in [0.15, 0.2) is 0 Å². The van der Waals surface area contributed by atoms with Crippen LogP contribution in [-0.4, -0.2) is 20.6 Å². The number of aromatic nitrogens is 2. The fourth-order valence-corrected chi connectivity index (χ4v) is 2.72. The first-order chi connectivity index (χ1) is 11.6. The molecule has 1 heterocycles. The van der Waals surface area contributed by atoms with Crippen molar-refractivity contribution in [3.05, 3.63) is 76.1 Å². The van der Waals surface area contributed by atoms with E-state index in [2.05, 4.69) is 4.98 Å². The fraction of sp³-hybridized carbons (Fsp3) is 0.167. The van der Waals surface area contributed by atoms with Gasteiger partial charge in [-0.2, -0.15) is 4.98 Å². The summed E-state index contributed by atoms with van der Waals surface area (Å²) in [6.45, 7) is -0.305. The van der Waals surface area contributed by atoms with Crippen molar-refractivity contribution in [2.24, 2.45) is 0 Å². The highest BCUT2D eigenvalue weighted by molar-refractivity contribution is 5.79. The summed E-state index contributed by atoms with van der Waals surface area (Å²) in [4.78, 5) is 27.4. The predicted molar refractivity (Wildman–Crippen MR) is 87.4 cm³/mol. The lowest BCUT2D eigenvalue weighted by molar-refractivity contribution is -0.137. The predicted octanol–water partition coefficient (Wildman–Crippen LogP) is 2.41. The lowest BCUT2D eigenvalue weighted by Gasteiger charge is -2.14. The van der Waals surface area contributed by atoms with Crippen molar-refractivity contribution in [1.82, 2.24) is 9.55 Å². The van der Waals surface area contributed by atoms with Crippen LogP contribution < -0.4 is 5.56 Å². The Balaban J connectivity index is 2.04. The number of benzene rings is 2. The van der Waals surface area contributed by atoms with E-state index in [9.17, 15) is 14.0 Å². The zero-order valence-electron chi connectivity index (χ0n) is 12.8. The van der Waals surface area contributed by atoms with Crippen LogP contribution in [0.25, 0.3) is 10.9 Å². The molecule has 0 aliphatic rings. The molecule has 0 saturated heterocycles. The minimum Gasteiger partial charge on any atom is -0.480 e. The van der Waals surface area contributed by atoms with E-state index in [-0.39, 0.29) is 18.8 Å². The minimum absolute atomic E-state index is 0.272. The normalized spacial score (nSPS) is 10.9. The van der Waals surface area contributed by atoms with Gasteiger partial charge in [-0.3, -0.25) is 9.59 Å². The van der Waals surface area contributed by atoms with Crippen LogP contribution in [0.3, 0.4) is 0 Å². The third-order valence-corrected chi connectivity index (χ3v) is 3.84. The van der Waals surface area contributed by atoms with E-state index < -0.39 is 11.5 Å². The number of nitrogens with zero attached hydrogens (tertiary/aromatic N) is 2. The molecule has 3 rings (SSSR count). The number of hydrogen-bond acceptors (Lipinski definition) is 3. The van der Waals surface area contributed by atoms with Gasteiger partial charge in [-0.15, -0.1) is 0 Å². The fourth-order valence-electron chi connectivity index (χ4n) is 2.72. The number of aliphatic carboxylic acids is 1. The minimum atomic E-state index is -1.03. The van der Waals surface area contributed by atoms with E-state index in [1.54, 1.807) is 42.5 Å². The first-order valence-electron chi connectivity index (χ1n) is 7.50. The first-order valence-corrected chi connectivity index (χ1v) is 7.50. The van der Waals surface area contributed by atoms with Gasteiger partial charge in [0.05, 0.1) is 10.9 Å². The molecule has 0 radical (unpaired) electrons. The maximum absolute atomic E-state index is 13.8. The van der Waals surface area contributed by atoms with Gasteiger partial charge in [0.1, 0.15) is 18.2 Å². The number of carboxylic acid groups (broad SMARTS) is 1. The number of para-hydroxylation sites is 1. The van der Waals surface area contributed by atoms with Gasteiger partial charge in [-0.25, -0.2) is 4.39 Å². The number of rotatable bonds is 5. The van der Waals surface area contributed by atoms with E-state index in [4.69, 9.17) is 5.11 Å². The van der Waals surface area contributed by atoms with Crippen LogP contribution in [0.15, 0.2) is 53.3 Å². The molecule has 3 aromatic rings. The summed E-state index contributed by atoms with van der Waals surface area (Å²) in [5, 5.41) is 9.53. The summed E-state index contributed by atoms with van der Waals surface area (Å²) >= 11 is 0. The van der Waals surface area contributed by atoms with Crippen molar-refractivity contribution in [1.29, 1.82) is 0 Å². The molecular formula is C18H15FN2O3. The van der Waals surface area contributed by atoms with Gasteiger partial charge >= 0.3 is 5.97 Å². The van der Waals surface area contributed by atoms with Crippen molar-refractivity contribution >= 4 is 16.9 Å². The van der Waals surface area contributed by atoms with Gasteiger partial charge in [0.25, 0.3) is 5.56 Å². The first kappa shape index (κ1) is 15.9. The molecule has 0 amide bonds. The highest BCUT2D eigenvalue weighted by Crippen LogP contribution is 2.14. The van der Waals surface area contributed by atoms with Gasteiger partial charge in [-0.05, 0) is 30.2 Å². The van der Waals surface area contributed by atoms with Crippen LogP contribution in [0.2, 0.25) is 0 Å². The lowest BCUT2D eigenvalue weighted by atomic mass is 10.1. The molecule has 0 bridgehead atoms. The third-order valence-electron chi connectivity index (χ3n) is 3.84. The second kappa shape index (κ2) is 6.62. The van der Waals surface area contributed by atoms with Crippen LogP contribution in [-0.2, 0) is 24.2 Å². The quantitative estimate of drug-likeness (QED) is 0.781. The van der Waals surface area contributed by atoms with E-state index in [0.717, 1.165) is 0 Å². The molecule has 0 fully saturated rings. The molecule has 0 atom stereocenters. The molecule has 0 aliphatic carbocycles. The Labute approximate surface area is 137 Å². The topological polar surface area (TPSA) is 72.2 Å². The van der Waals surface area contributed by atoms with Gasteiger partial charge < -0.3 is 9.67 Å². The third kappa shape index (κ3) is 3.17. The summed E-state index contributed by atoms with van der Waals surface area (Å²) in [5.41, 5.74) is 0.612. The van der Waals surface area contributed by atoms with Crippen molar-refractivity contribution in [2.45, 2.75) is 19.4 Å². The molecule has 1 aromatic heterocycles. The smallest absolute Gasteiger partial charge is 0.323 e. The average Bonchev–Trinajstić information content (AvgIpc) is 2.57. The molecule has 1 N–H and O–H groups in total. The van der Waals surface area contributed by atoms with Crippen LogP contribution in [0.1, 0.15) is 11.4 Å². The number of carboxylic acids is 1. The van der Waals surface area contributed by atoms with E-state index >= 15 is 0 Å². The van der Waals surface area contributed by atoms with Crippen molar-refractivity contribution in [3.63, 3.8) is 0 Å². The molecule has 0 unspecified atom stereocenters. The molecular weight excluding hydrogens is 311 g/mol. The Morgan fingerprint density at radius 1 is 1.08 bits per heavy atom. The molecule has 2 aromatic carbocycles. The number of fused-ring (bicyclic) bond motifs is 1. The van der Waals surface area contributed by atoms with Gasteiger partial charge in [-0.1, -0.05) is 30.3 Å². The number of halogens is 1. The molecule has 5 nitrogen and oxygen atoms in total. The Hall–Kier alpha value is -3.02. The number of carbonyl (C=O) groups is 1. The van der Waals surface area contributed by atoms with E-state index in [1.165, 1.54) is 10.6 Å². The summed E-state index contributed by atoms with van der Waals surface area (Å²) in [6.07, 6.45) is 0.603. The molecule has 24 heavy (non-hydrogen) atoms. The number of aryl methyl sites for hydroxylation is 2. The van der Waals surface area contributed by atoms with Crippen molar-refractivity contribution in [2.75, 3.05) is 0 Å². The lowest BCUT2D eigenvalue weighted by Crippen LogP contribution is -2.22. The molecule has 0 saturated carbocycles. The summed E-state index contributed by atoms with van der Waals surface area (Å²) < 4.78 is 15.3. The van der Waals surface area contributed by atoms with Gasteiger partial charge in [0.2, 0.25) is 0 Å². The van der Waals surface area contributed by atoms with Crippen molar-refractivity contribution < 1.29 is 14.3 Å². The SMILES string of the molecule is O=C(O)Cn1c(CCc2ccccc2F)nc(=O)c2ccccc21. The van der Waals surface area contributed by atoms with Crippen LogP contribution in [0.5, 0.6) is 0 Å². The Morgan fingerprint density at radius 3 is 2.54 bits per heavy atom. The van der Waals surface area contributed by atoms with E-state index in [1.807, 2.05) is 0 Å². The van der Waals surface area contributed by atoms with Gasteiger partial charge in [0, 0.05) is 6.42 Å². The molecule has 122 valence electrons. The summed E-state index contributed by atoms with van der Waals surface area (Å²) in [7, 11) is 0. The van der Waals surface area contributed by atoms with Crippen LogP contribution in [0.4, 0.5) is 4.39 Å². The monoisotopic (exact) mass is 326 g/mol. The molecule has 6 heteroatoms. The zero-order valence-corrected chi connectivity index (χ0v) is 12.8.